The summed E-state index contributed by atoms with van der Waals surface area (Å²) >= 11 is 0. The zero-order chi connectivity index (χ0) is 17.9. The molecule has 2 aromatic rings. The molecule has 2 aromatic carbocycles. The molecule has 126 valence electrons. The van der Waals surface area contributed by atoms with Crippen molar-refractivity contribution in [2.45, 2.75) is 13.0 Å². The van der Waals surface area contributed by atoms with E-state index in [1.54, 1.807) is 13.0 Å². The Labute approximate surface area is 136 Å². The topological polar surface area (TPSA) is 75.5 Å². The Morgan fingerprint density at radius 3 is 2.58 bits per heavy atom. The number of nitro groups is 1. The van der Waals surface area contributed by atoms with Gasteiger partial charge in [0.15, 0.2) is 0 Å². The van der Waals surface area contributed by atoms with Gasteiger partial charge >= 0.3 is 6.03 Å². The third-order valence-corrected chi connectivity index (χ3v) is 3.64. The first kappa shape index (κ1) is 17.3. The Morgan fingerprint density at radius 2 is 1.96 bits per heavy atom. The number of hydrogen-bond donors (Lipinski definition) is 1. The first-order valence-electron chi connectivity index (χ1n) is 7.03. The Kier molecular flexibility index (Phi) is 5.08. The number of non-ortho nitro benzene ring substituents is 1. The van der Waals surface area contributed by atoms with Gasteiger partial charge in [0.1, 0.15) is 11.6 Å². The maximum Gasteiger partial charge on any atom is 0.322 e. The van der Waals surface area contributed by atoms with E-state index in [2.05, 4.69) is 5.32 Å². The third-order valence-electron chi connectivity index (χ3n) is 3.64. The van der Waals surface area contributed by atoms with Crippen LogP contribution in [0.25, 0.3) is 0 Å². The average molecular weight is 335 g/mol. The van der Waals surface area contributed by atoms with Gasteiger partial charge in [0.25, 0.3) is 5.69 Å². The number of halogens is 2. The Hall–Kier alpha value is -3.03. The maximum atomic E-state index is 13.6. The number of benzene rings is 2. The lowest BCUT2D eigenvalue weighted by Crippen LogP contribution is -2.33. The molecule has 0 radical (unpaired) electrons. The molecule has 0 aliphatic heterocycles. The van der Waals surface area contributed by atoms with Crippen molar-refractivity contribution < 1.29 is 18.5 Å². The van der Waals surface area contributed by atoms with Crippen molar-refractivity contribution in [1.82, 2.24) is 4.90 Å². The summed E-state index contributed by atoms with van der Waals surface area (Å²) in [5, 5.41) is 13.2. The van der Waals surface area contributed by atoms with Gasteiger partial charge in [-0.05, 0) is 24.6 Å². The van der Waals surface area contributed by atoms with E-state index in [-0.39, 0.29) is 11.4 Å². The van der Waals surface area contributed by atoms with Crippen molar-refractivity contribution in [3.63, 3.8) is 0 Å². The summed E-state index contributed by atoms with van der Waals surface area (Å²) in [5.74, 6) is -1.64. The summed E-state index contributed by atoms with van der Waals surface area (Å²) in [4.78, 5) is 23.8. The maximum absolute atomic E-state index is 13.6. The Morgan fingerprint density at radius 1 is 1.25 bits per heavy atom. The quantitative estimate of drug-likeness (QED) is 0.675. The highest BCUT2D eigenvalue weighted by molar-refractivity contribution is 5.89. The average Bonchev–Trinajstić information content (AvgIpc) is 2.56. The molecule has 0 saturated carbocycles. The number of amides is 2. The predicted octanol–water partition coefficient (Wildman–Crippen LogP) is 4.10. The van der Waals surface area contributed by atoms with E-state index < -0.39 is 28.6 Å². The van der Waals surface area contributed by atoms with Crippen molar-refractivity contribution in [2.24, 2.45) is 0 Å². The second kappa shape index (κ2) is 7.03. The van der Waals surface area contributed by atoms with E-state index in [0.717, 1.165) is 12.1 Å². The van der Waals surface area contributed by atoms with Crippen LogP contribution in [0.15, 0.2) is 42.5 Å². The number of hydrogen-bond acceptors (Lipinski definition) is 3. The van der Waals surface area contributed by atoms with E-state index in [1.165, 1.54) is 30.1 Å². The molecule has 0 aliphatic carbocycles. The zero-order valence-electron chi connectivity index (χ0n) is 13.0. The lowest BCUT2D eigenvalue weighted by Gasteiger charge is -2.25. The summed E-state index contributed by atoms with van der Waals surface area (Å²) in [5.41, 5.74) is 0.318. The van der Waals surface area contributed by atoms with Crippen LogP contribution in [-0.4, -0.2) is 22.9 Å². The van der Waals surface area contributed by atoms with Crippen molar-refractivity contribution in [2.75, 3.05) is 12.4 Å². The molecule has 0 aromatic heterocycles. The second-order valence-electron chi connectivity index (χ2n) is 5.19. The third kappa shape index (κ3) is 3.83. The molecule has 6 nitrogen and oxygen atoms in total. The number of nitrogens with zero attached hydrogens (tertiary/aromatic N) is 2. The van der Waals surface area contributed by atoms with Crippen molar-refractivity contribution in [1.29, 1.82) is 0 Å². The largest absolute Gasteiger partial charge is 0.322 e. The zero-order valence-corrected chi connectivity index (χ0v) is 13.0. The van der Waals surface area contributed by atoms with Crippen LogP contribution in [-0.2, 0) is 0 Å². The van der Waals surface area contributed by atoms with Crippen LogP contribution in [0.3, 0.4) is 0 Å². The molecule has 0 bridgehead atoms. The van der Waals surface area contributed by atoms with Gasteiger partial charge in [-0.25, -0.2) is 13.6 Å². The van der Waals surface area contributed by atoms with Gasteiger partial charge < -0.3 is 10.2 Å². The summed E-state index contributed by atoms with van der Waals surface area (Å²) in [7, 11) is 1.47. The minimum absolute atomic E-state index is 0.0854. The molecule has 24 heavy (non-hydrogen) atoms. The fraction of sp³-hybridized carbons (Fsp3) is 0.188. The first-order chi connectivity index (χ1) is 11.3. The van der Waals surface area contributed by atoms with Gasteiger partial charge in [-0.2, -0.15) is 0 Å². The number of rotatable bonds is 4. The number of nitrogens with one attached hydrogen (secondary N) is 1. The van der Waals surface area contributed by atoms with Crippen LogP contribution in [0.2, 0.25) is 0 Å². The van der Waals surface area contributed by atoms with E-state index in [1.807, 2.05) is 0 Å². The van der Waals surface area contributed by atoms with Crippen molar-refractivity contribution in [3.05, 3.63) is 69.8 Å². The smallest absolute Gasteiger partial charge is 0.321 e. The molecule has 0 unspecified atom stereocenters. The van der Waals surface area contributed by atoms with Crippen LogP contribution in [0, 0.1) is 21.7 Å². The van der Waals surface area contributed by atoms with Crippen LogP contribution >= 0.6 is 0 Å². The number of carbonyl (C=O) groups is 1. The van der Waals surface area contributed by atoms with Crippen LogP contribution in [0.5, 0.6) is 0 Å². The van der Waals surface area contributed by atoms with Crippen molar-refractivity contribution >= 4 is 17.4 Å². The monoisotopic (exact) mass is 335 g/mol. The van der Waals surface area contributed by atoms with Gasteiger partial charge in [-0.3, -0.25) is 10.1 Å². The number of carbonyl (C=O) groups excluding carboxylic acids is 1. The van der Waals surface area contributed by atoms with Gasteiger partial charge in [0, 0.05) is 25.2 Å². The molecule has 0 aliphatic rings. The van der Waals surface area contributed by atoms with Crippen LogP contribution in [0.1, 0.15) is 18.5 Å². The van der Waals surface area contributed by atoms with Gasteiger partial charge in [-0.1, -0.05) is 12.1 Å². The highest BCUT2D eigenvalue weighted by Gasteiger charge is 2.20. The summed E-state index contributed by atoms with van der Waals surface area (Å²) in [6.07, 6.45) is 0. The Balaban J connectivity index is 2.14. The van der Waals surface area contributed by atoms with Crippen LogP contribution in [0.4, 0.5) is 25.0 Å². The second-order valence-corrected chi connectivity index (χ2v) is 5.19. The Bertz CT molecular complexity index is 783. The van der Waals surface area contributed by atoms with Crippen molar-refractivity contribution in [3.8, 4) is 0 Å². The number of urea groups is 1. The highest BCUT2D eigenvalue weighted by Crippen LogP contribution is 2.24. The minimum Gasteiger partial charge on any atom is -0.321 e. The number of anilines is 1. The predicted molar refractivity (Wildman–Crippen MR) is 84.7 cm³/mol. The minimum atomic E-state index is -0.889. The molecule has 0 saturated heterocycles. The lowest BCUT2D eigenvalue weighted by molar-refractivity contribution is -0.384. The lowest BCUT2D eigenvalue weighted by atomic mass is 10.1. The summed E-state index contributed by atoms with van der Waals surface area (Å²) < 4.78 is 26.5. The molecule has 1 atom stereocenters. The molecule has 2 rings (SSSR count). The standard InChI is InChI=1S/C16H15F2N3O3/c1-10(11-4-3-5-13(8-11)21(23)24)20(2)16(22)19-15-7-6-12(17)9-14(15)18/h3-10H,1-2H3,(H,19,22)/t10-/m1/s1. The van der Waals surface area contributed by atoms with Crippen LogP contribution < -0.4 is 5.32 Å². The van der Waals surface area contributed by atoms with Gasteiger partial charge in [0.2, 0.25) is 0 Å². The molecular weight excluding hydrogens is 320 g/mol. The van der Waals surface area contributed by atoms with E-state index in [9.17, 15) is 23.7 Å². The summed E-state index contributed by atoms with van der Waals surface area (Å²) in [6, 6.07) is 7.59. The first-order valence-corrected chi connectivity index (χ1v) is 7.03. The molecule has 0 fully saturated rings. The fourth-order valence-electron chi connectivity index (χ4n) is 2.09. The fourth-order valence-corrected chi connectivity index (χ4v) is 2.09. The molecule has 2 amide bonds. The molecule has 0 spiro atoms. The van der Waals surface area contributed by atoms with E-state index in [0.29, 0.717) is 11.6 Å². The number of nitro benzene ring substituents is 1. The summed E-state index contributed by atoms with van der Waals surface area (Å²) in [6.45, 7) is 1.68. The molecular formula is C16H15F2N3O3. The van der Waals surface area contributed by atoms with Gasteiger partial charge in [-0.15, -0.1) is 0 Å². The SMILES string of the molecule is C[C@H](c1cccc([N+](=O)[O-])c1)N(C)C(=O)Nc1ccc(F)cc1F. The highest BCUT2D eigenvalue weighted by atomic mass is 19.1. The molecule has 0 heterocycles. The molecule has 1 N–H and O–H groups in total. The van der Waals surface area contributed by atoms with E-state index >= 15 is 0 Å². The van der Waals surface area contributed by atoms with Gasteiger partial charge in [0.05, 0.1) is 16.7 Å². The molecule has 8 heteroatoms. The normalized spacial score (nSPS) is 11.7. The van der Waals surface area contributed by atoms with E-state index in [4.69, 9.17) is 0 Å².